The van der Waals surface area contributed by atoms with Crippen LogP contribution in [0.25, 0.3) is 10.8 Å². The molecule has 0 saturated heterocycles. The number of pyridine rings is 1. The molecule has 0 saturated carbocycles. The average Bonchev–Trinajstić information content (AvgIpc) is 2.46. The van der Waals surface area contributed by atoms with Crippen molar-refractivity contribution >= 4 is 38.3 Å². The molecule has 0 bridgehead atoms. The van der Waals surface area contributed by atoms with Crippen LogP contribution in [0.15, 0.2) is 59.3 Å². The number of nitrogens with two attached hydrogens (primary N) is 1. The molecule has 2 nitrogen and oxygen atoms in total. The lowest BCUT2D eigenvalue weighted by molar-refractivity contribution is 0.880. The molecule has 1 aromatic heterocycles. The third-order valence-electron chi connectivity index (χ3n) is 3.35. The first-order valence-electron chi connectivity index (χ1n) is 6.20. The first-order valence-corrected chi connectivity index (χ1v) is 7.37. The van der Waals surface area contributed by atoms with E-state index in [2.05, 4.69) is 20.9 Å². The van der Waals surface area contributed by atoms with E-state index in [0.29, 0.717) is 5.02 Å². The maximum absolute atomic E-state index is 6.41. The van der Waals surface area contributed by atoms with Crippen molar-refractivity contribution < 1.29 is 0 Å². The van der Waals surface area contributed by atoms with Gasteiger partial charge < -0.3 is 5.73 Å². The molecule has 0 radical (unpaired) electrons. The lowest BCUT2D eigenvalue weighted by Crippen LogP contribution is -2.12. The summed E-state index contributed by atoms with van der Waals surface area (Å²) in [6, 6.07) is 13.5. The third kappa shape index (κ3) is 2.44. The highest BCUT2D eigenvalue weighted by atomic mass is 79.9. The van der Waals surface area contributed by atoms with Crippen LogP contribution in [-0.2, 0) is 0 Å². The SMILES string of the molecule is NC(c1ccc(Br)cc1Cl)c1cccc2cnccc12. The summed E-state index contributed by atoms with van der Waals surface area (Å²) in [5.74, 6) is 0. The first-order chi connectivity index (χ1) is 9.66. The summed E-state index contributed by atoms with van der Waals surface area (Å²) in [7, 11) is 0. The number of hydrogen-bond donors (Lipinski definition) is 1. The van der Waals surface area contributed by atoms with Gasteiger partial charge in [-0.05, 0) is 34.7 Å². The van der Waals surface area contributed by atoms with Crippen LogP contribution in [0.2, 0.25) is 5.02 Å². The zero-order valence-corrected chi connectivity index (χ0v) is 12.9. The highest BCUT2D eigenvalue weighted by Crippen LogP contribution is 2.32. The molecule has 1 unspecified atom stereocenters. The van der Waals surface area contributed by atoms with E-state index >= 15 is 0 Å². The second-order valence-electron chi connectivity index (χ2n) is 4.59. The fourth-order valence-electron chi connectivity index (χ4n) is 2.34. The molecule has 0 spiro atoms. The lowest BCUT2D eigenvalue weighted by Gasteiger charge is -2.16. The molecule has 0 fully saturated rings. The van der Waals surface area contributed by atoms with Crippen molar-refractivity contribution in [3.8, 4) is 0 Å². The van der Waals surface area contributed by atoms with Gasteiger partial charge in [0.05, 0.1) is 6.04 Å². The van der Waals surface area contributed by atoms with E-state index in [9.17, 15) is 0 Å². The van der Waals surface area contributed by atoms with Gasteiger partial charge in [0.15, 0.2) is 0 Å². The van der Waals surface area contributed by atoms with Gasteiger partial charge in [-0.1, -0.05) is 51.8 Å². The van der Waals surface area contributed by atoms with Crippen LogP contribution in [0, 0.1) is 0 Å². The van der Waals surface area contributed by atoms with Gasteiger partial charge in [0, 0.05) is 27.3 Å². The summed E-state index contributed by atoms with van der Waals surface area (Å²) >= 11 is 9.71. The van der Waals surface area contributed by atoms with Crippen molar-refractivity contribution in [3.05, 3.63) is 75.5 Å². The molecule has 1 heterocycles. The van der Waals surface area contributed by atoms with E-state index in [1.807, 2.05) is 48.7 Å². The van der Waals surface area contributed by atoms with E-state index in [1.54, 1.807) is 6.20 Å². The molecule has 2 N–H and O–H groups in total. The number of benzene rings is 2. The molecule has 0 aliphatic rings. The minimum atomic E-state index is -0.262. The fourth-order valence-corrected chi connectivity index (χ4v) is 3.13. The number of nitrogens with zero attached hydrogens (tertiary/aromatic N) is 1. The summed E-state index contributed by atoms with van der Waals surface area (Å²) in [4.78, 5) is 4.14. The van der Waals surface area contributed by atoms with Crippen molar-refractivity contribution in [2.24, 2.45) is 5.73 Å². The molecule has 20 heavy (non-hydrogen) atoms. The lowest BCUT2D eigenvalue weighted by atomic mass is 9.95. The maximum Gasteiger partial charge on any atom is 0.0572 e. The Morgan fingerprint density at radius 3 is 2.75 bits per heavy atom. The maximum atomic E-state index is 6.41. The van der Waals surface area contributed by atoms with Gasteiger partial charge >= 0.3 is 0 Å². The number of fused-ring (bicyclic) bond motifs is 1. The zero-order valence-electron chi connectivity index (χ0n) is 10.6. The van der Waals surface area contributed by atoms with Gasteiger partial charge in [-0.2, -0.15) is 0 Å². The Morgan fingerprint density at radius 1 is 1.10 bits per heavy atom. The van der Waals surface area contributed by atoms with Crippen LogP contribution in [0.1, 0.15) is 17.2 Å². The van der Waals surface area contributed by atoms with Crippen LogP contribution < -0.4 is 5.73 Å². The predicted octanol–water partition coefficient (Wildman–Crippen LogP) is 4.70. The molecule has 2 aromatic carbocycles. The molecule has 1 atom stereocenters. The summed E-state index contributed by atoms with van der Waals surface area (Å²) < 4.78 is 0.945. The molecule has 0 aliphatic carbocycles. The van der Waals surface area contributed by atoms with Crippen molar-refractivity contribution in [3.63, 3.8) is 0 Å². The normalized spacial score (nSPS) is 12.6. The fraction of sp³-hybridized carbons (Fsp3) is 0.0625. The van der Waals surface area contributed by atoms with Gasteiger partial charge in [-0.15, -0.1) is 0 Å². The number of aromatic nitrogens is 1. The van der Waals surface area contributed by atoms with E-state index in [1.165, 1.54) is 0 Å². The Kier molecular flexibility index (Phi) is 3.74. The zero-order chi connectivity index (χ0) is 14.1. The number of hydrogen-bond acceptors (Lipinski definition) is 2. The van der Waals surface area contributed by atoms with Crippen molar-refractivity contribution in [1.29, 1.82) is 0 Å². The van der Waals surface area contributed by atoms with Crippen molar-refractivity contribution in [2.75, 3.05) is 0 Å². The van der Waals surface area contributed by atoms with Crippen LogP contribution in [0.4, 0.5) is 0 Å². The quantitative estimate of drug-likeness (QED) is 0.730. The molecular weight excluding hydrogens is 336 g/mol. The summed E-state index contributed by atoms with van der Waals surface area (Å²) in [6.07, 6.45) is 3.62. The van der Waals surface area contributed by atoms with E-state index < -0.39 is 0 Å². The topological polar surface area (TPSA) is 38.9 Å². The standard InChI is InChI=1S/C16H12BrClN2/c17-11-4-5-14(15(18)8-11)16(19)13-3-1-2-10-9-20-7-6-12(10)13/h1-9,16H,19H2. The Bertz CT molecular complexity index is 768. The van der Waals surface area contributed by atoms with E-state index in [0.717, 1.165) is 26.4 Å². The summed E-state index contributed by atoms with van der Waals surface area (Å²) in [5.41, 5.74) is 8.38. The monoisotopic (exact) mass is 346 g/mol. The highest BCUT2D eigenvalue weighted by molar-refractivity contribution is 9.10. The third-order valence-corrected chi connectivity index (χ3v) is 4.17. The molecule has 0 aliphatic heterocycles. The minimum absolute atomic E-state index is 0.262. The average molecular weight is 348 g/mol. The molecule has 3 aromatic rings. The van der Waals surface area contributed by atoms with Gasteiger partial charge in [0.25, 0.3) is 0 Å². The van der Waals surface area contributed by atoms with Crippen LogP contribution in [0.3, 0.4) is 0 Å². The van der Waals surface area contributed by atoms with Gasteiger partial charge in [-0.3, -0.25) is 4.98 Å². The van der Waals surface area contributed by atoms with Crippen LogP contribution >= 0.6 is 27.5 Å². The number of rotatable bonds is 2. The second kappa shape index (κ2) is 5.52. The molecule has 3 rings (SSSR count). The molecule has 4 heteroatoms. The molecular formula is C16H12BrClN2. The van der Waals surface area contributed by atoms with E-state index in [4.69, 9.17) is 17.3 Å². The summed E-state index contributed by atoms with van der Waals surface area (Å²) in [6.45, 7) is 0. The largest absolute Gasteiger partial charge is 0.320 e. The molecule has 0 amide bonds. The molecule has 100 valence electrons. The number of halogens is 2. The Hall–Kier alpha value is -1.42. The van der Waals surface area contributed by atoms with Gasteiger partial charge in [0.1, 0.15) is 0 Å². The summed E-state index contributed by atoms with van der Waals surface area (Å²) in [5, 5.41) is 2.85. The smallest absolute Gasteiger partial charge is 0.0572 e. The first kappa shape index (κ1) is 13.6. The van der Waals surface area contributed by atoms with Crippen LogP contribution in [0.5, 0.6) is 0 Å². The predicted molar refractivity (Wildman–Crippen MR) is 86.9 cm³/mol. The Labute approximate surface area is 130 Å². The van der Waals surface area contributed by atoms with Crippen LogP contribution in [-0.4, -0.2) is 4.98 Å². The Morgan fingerprint density at radius 2 is 1.95 bits per heavy atom. The minimum Gasteiger partial charge on any atom is -0.320 e. The highest BCUT2D eigenvalue weighted by Gasteiger charge is 2.15. The van der Waals surface area contributed by atoms with E-state index in [-0.39, 0.29) is 6.04 Å². The van der Waals surface area contributed by atoms with Crippen molar-refractivity contribution in [2.45, 2.75) is 6.04 Å². The Balaban J connectivity index is 2.15. The van der Waals surface area contributed by atoms with Gasteiger partial charge in [-0.25, -0.2) is 0 Å². The van der Waals surface area contributed by atoms with Crippen molar-refractivity contribution in [1.82, 2.24) is 4.98 Å². The second-order valence-corrected chi connectivity index (χ2v) is 5.91. The van der Waals surface area contributed by atoms with Gasteiger partial charge in [0.2, 0.25) is 0 Å².